The lowest BCUT2D eigenvalue weighted by molar-refractivity contribution is -0.151. The first-order valence-electron chi connectivity index (χ1n) is 15.1. The summed E-state index contributed by atoms with van der Waals surface area (Å²) in [6, 6.07) is 13.5. The molecule has 256 valence electrons. The summed E-state index contributed by atoms with van der Waals surface area (Å²) in [6.45, 7) is 1.93. The van der Waals surface area contributed by atoms with Gasteiger partial charge in [0.2, 0.25) is 11.8 Å². The molecule has 18 heteroatoms. The topological polar surface area (TPSA) is 251 Å². The first-order chi connectivity index (χ1) is 24.4. The fraction of sp³-hybridized carbons (Fsp3) is 0.188. The number of hydrogen-bond acceptors (Lipinski definition) is 13. The number of carbonyl (C=O) groups excluding carboxylic acids is 4. The van der Waals surface area contributed by atoms with Gasteiger partial charge < -0.3 is 36.1 Å². The number of phenols is 1. The van der Waals surface area contributed by atoms with Gasteiger partial charge >= 0.3 is 17.8 Å². The van der Waals surface area contributed by atoms with E-state index in [2.05, 4.69) is 30.9 Å². The van der Waals surface area contributed by atoms with Crippen molar-refractivity contribution in [2.75, 3.05) is 11.5 Å². The Kier molecular flexibility index (Phi) is 9.09. The van der Waals surface area contributed by atoms with Gasteiger partial charge in [0.15, 0.2) is 0 Å². The fourth-order valence-corrected chi connectivity index (χ4v) is 7.48. The lowest BCUT2D eigenvalue weighted by Crippen LogP contribution is -2.71. The molecule has 0 saturated carbocycles. The second-order valence-corrected chi connectivity index (χ2v) is 13.1. The first-order valence-corrected chi connectivity index (χ1v) is 16.8. The lowest BCUT2D eigenvalue weighted by Gasteiger charge is -2.49. The number of rotatable bonds is 12. The molecule has 2 aromatic carbocycles. The SMILES string of the molecule is [2H]Oc1ccc(C(NC(=O)c2ccc(-c3ccc(C)cc3)nc2O)C(=O)NC2C(=O)N3C(C(=O)O)=C(CSc4nnc(C(N)=O)o4)CS[C@@H]23)cc1. The molecule has 2 unspecified atom stereocenters. The van der Waals surface area contributed by atoms with Crippen LogP contribution in [0.25, 0.3) is 11.3 Å². The smallest absolute Gasteiger partial charge is 0.352 e. The second-order valence-electron chi connectivity index (χ2n) is 11.1. The van der Waals surface area contributed by atoms with E-state index in [1.54, 1.807) is 6.07 Å². The normalized spacial score (nSPS) is 17.6. The molecule has 3 atom stereocenters. The number of aliphatic carboxylic acids is 1. The zero-order valence-electron chi connectivity index (χ0n) is 26.9. The molecule has 0 aliphatic carbocycles. The van der Waals surface area contributed by atoms with Crippen LogP contribution in [-0.4, -0.2) is 89.4 Å². The van der Waals surface area contributed by atoms with E-state index >= 15 is 0 Å². The molecule has 4 heterocycles. The molecule has 7 N–H and O–H groups in total. The maximum absolute atomic E-state index is 13.8. The number of fused-ring (bicyclic) bond motifs is 1. The van der Waals surface area contributed by atoms with Gasteiger partial charge in [-0.2, -0.15) is 0 Å². The van der Waals surface area contributed by atoms with Crippen LogP contribution < -0.4 is 16.4 Å². The number of phenolic OH excluding ortho intramolecular Hbond substituents is 1. The number of thioether (sulfide) groups is 2. The average Bonchev–Trinajstić information content (AvgIpc) is 3.61. The number of primary amides is 1. The predicted octanol–water partition coefficient (Wildman–Crippen LogP) is 1.95. The van der Waals surface area contributed by atoms with Crippen LogP contribution >= 0.6 is 23.5 Å². The lowest BCUT2D eigenvalue weighted by atomic mass is 10.0. The van der Waals surface area contributed by atoms with E-state index in [4.69, 9.17) is 11.6 Å². The number of hydrogen-bond donors (Lipinski definition) is 6. The highest BCUT2D eigenvalue weighted by atomic mass is 32.2. The van der Waals surface area contributed by atoms with E-state index in [0.29, 0.717) is 16.8 Å². The first kappa shape index (κ1) is 32.7. The van der Waals surface area contributed by atoms with E-state index in [-0.39, 0.29) is 39.3 Å². The van der Waals surface area contributed by atoms with E-state index < -0.39 is 58.8 Å². The number of carboxylic acids is 1. The van der Waals surface area contributed by atoms with Crippen molar-refractivity contribution in [1.82, 2.24) is 30.7 Å². The number of nitrogens with zero attached hydrogens (tertiary/aromatic N) is 4. The second kappa shape index (κ2) is 13.9. The third-order valence-corrected chi connectivity index (χ3v) is 10.00. The Hall–Kier alpha value is -5.88. The zero-order chi connectivity index (χ0) is 36.4. The number of aryl methyl sites for hydroxylation is 1. The molecule has 1 saturated heterocycles. The van der Waals surface area contributed by atoms with E-state index in [1.807, 2.05) is 31.2 Å². The van der Waals surface area contributed by atoms with Gasteiger partial charge in [-0.05, 0) is 42.3 Å². The minimum atomic E-state index is -1.40. The Bertz CT molecular complexity index is 2080. The van der Waals surface area contributed by atoms with E-state index in [1.165, 1.54) is 42.1 Å². The Morgan fingerprint density at radius 2 is 1.86 bits per heavy atom. The van der Waals surface area contributed by atoms with Crippen molar-refractivity contribution in [3.63, 3.8) is 0 Å². The van der Waals surface area contributed by atoms with E-state index in [0.717, 1.165) is 22.2 Å². The van der Waals surface area contributed by atoms with Gasteiger partial charge in [-0.25, -0.2) is 9.78 Å². The molecular formula is C32H27N7O9S2. The molecule has 50 heavy (non-hydrogen) atoms. The van der Waals surface area contributed by atoms with Crippen LogP contribution in [0.1, 0.15) is 38.2 Å². The van der Waals surface area contributed by atoms with Gasteiger partial charge in [0.1, 0.15) is 34.5 Å². The van der Waals surface area contributed by atoms with Crippen molar-refractivity contribution in [1.29, 1.82) is 1.43 Å². The van der Waals surface area contributed by atoms with Gasteiger partial charge in [-0.15, -0.1) is 22.0 Å². The van der Waals surface area contributed by atoms with Gasteiger partial charge in [-0.3, -0.25) is 24.1 Å². The number of pyridine rings is 1. The summed E-state index contributed by atoms with van der Waals surface area (Å²) < 4.78 is 12.3. The Morgan fingerprint density at radius 3 is 2.50 bits per heavy atom. The summed E-state index contributed by atoms with van der Waals surface area (Å²) in [5, 5.41) is 36.8. The molecular weight excluding hydrogens is 691 g/mol. The molecule has 4 amide bonds. The highest BCUT2D eigenvalue weighted by Gasteiger charge is 2.54. The Morgan fingerprint density at radius 1 is 1.12 bits per heavy atom. The van der Waals surface area contributed by atoms with Crippen molar-refractivity contribution < 1.29 is 43.7 Å². The molecule has 0 radical (unpaired) electrons. The summed E-state index contributed by atoms with van der Waals surface area (Å²) in [6.07, 6.45) is 0. The number of carboxylic acid groups (broad SMARTS) is 1. The standard InChI is InChI=1S/C32H27N7O9S2/c1-14-2-4-15(5-3-14)20-11-10-19(25(42)34-20)26(43)35-21(16-6-8-18(40)9-7-16)27(44)36-22-29(45)39-23(31(46)47)17(12-49-30(22)39)13-50-32-38-37-28(48-32)24(33)41/h2-11,21-22,30,40H,12-13H2,1H3,(H2,33,41)(H,34,42)(H,35,43)(H,36,44)(H,46,47)/t21?,22?,30-/m0/s1/i/hD. The highest BCUT2D eigenvalue weighted by molar-refractivity contribution is 8.01. The minimum absolute atomic E-state index is 0.0186. The van der Waals surface area contributed by atoms with Crippen LogP contribution in [-0.2, 0) is 14.4 Å². The molecule has 2 aliphatic heterocycles. The number of amides is 4. The molecule has 6 rings (SSSR count). The van der Waals surface area contributed by atoms with Crippen LogP contribution in [0.5, 0.6) is 11.6 Å². The van der Waals surface area contributed by atoms with Crippen molar-refractivity contribution in [2.24, 2.45) is 5.73 Å². The van der Waals surface area contributed by atoms with E-state index in [9.17, 15) is 34.2 Å². The quantitative estimate of drug-likeness (QED) is 0.0905. The van der Waals surface area contributed by atoms with Gasteiger partial charge in [0, 0.05) is 17.1 Å². The number of nitrogens with one attached hydrogen (secondary N) is 2. The van der Waals surface area contributed by atoms with Crippen molar-refractivity contribution in [3.05, 3.63) is 94.5 Å². The van der Waals surface area contributed by atoms with Gasteiger partial charge in [0.25, 0.3) is 18.5 Å². The largest absolute Gasteiger partial charge is 0.508 e. The third kappa shape index (κ3) is 6.83. The molecule has 16 nitrogen and oxygen atoms in total. The summed E-state index contributed by atoms with van der Waals surface area (Å²) in [5.41, 5.74) is 7.45. The van der Waals surface area contributed by atoms with Gasteiger partial charge in [0.05, 0.1) is 5.69 Å². The maximum Gasteiger partial charge on any atom is 0.352 e. The zero-order valence-corrected chi connectivity index (χ0v) is 27.5. The number of carbonyl (C=O) groups is 5. The summed E-state index contributed by atoms with van der Waals surface area (Å²) >= 11 is 2.18. The molecule has 2 aromatic heterocycles. The molecule has 1 fully saturated rings. The summed E-state index contributed by atoms with van der Waals surface area (Å²) in [4.78, 5) is 69.4. The number of nitrogens with two attached hydrogens (primary N) is 1. The minimum Gasteiger partial charge on any atom is -0.508 e. The summed E-state index contributed by atoms with van der Waals surface area (Å²) in [7, 11) is 0. The average molecular weight is 719 g/mol. The number of aromatic nitrogens is 3. The van der Waals surface area contributed by atoms with Crippen LogP contribution in [0.3, 0.4) is 0 Å². The van der Waals surface area contributed by atoms with Crippen LogP contribution in [0.2, 0.25) is 0 Å². The van der Waals surface area contributed by atoms with Gasteiger partial charge in [-0.1, -0.05) is 53.7 Å². The number of β-lactam (4-membered cyclic amide) rings is 1. The third-order valence-electron chi connectivity index (χ3n) is 7.75. The van der Waals surface area contributed by atoms with Crippen molar-refractivity contribution in [2.45, 2.75) is 29.6 Å². The molecule has 2 aliphatic rings. The maximum atomic E-state index is 13.8. The number of aromatic hydroxyl groups is 2. The van der Waals surface area contributed by atoms with Crippen LogP contribution in [0.4, 0.5) is 0 Å². The molecule has 4 aromatic rings. The summed E-state index contributed by atoms with van der Waals surface area (Å²) in [5.74, 6) is -5.20. The molecule has 0 bridgehead atoms. The van der Waals surface area contributed by atoms with Crippen molar-refractivity contribution >= 4 is 53.1 Å². The monoisotopic (exact) mass is 718 g/mol. The van der Waals surface area contributed by atoms with Crippen LogP contribution in [0, 0.1) is 6.92 Å². The Balaban J connectivity index is 1.19. The Labute approximate surface area is 292 Å². The van der Waals surface area contributed by atoms with Crippen molar-refractivity contribution in [3.8, 4) is 22.9 Å². The fourth-order valence-electron chi connectivity index (χ4n) is 5.23. The number of benzene rings is 2. The van der Waals surface area contributed by atoms with Crippen LogP contribution in [0.15, 0.2) is 81.6 Å². The predicted molar refractivity (Wildman–Crippen MR) is 178 cm³/mol. The molecule has 0 spiro atoms. The highest BCUT2D eigenvalue weighted by Crippen LogP contribution is 2.42.